The molecule has 0 aliphatic heterocycles. The van der Waals surface area contributed by atoms with Crippen LogP contribution in [0.1, 0.15) is 53.1 Å². The third kappa shape index (κ3) is 3.40. The van der Waals surface area contributed by atoms with E-state index in [-0.39, 0.29) is 5.78 Å². The van der Waals surface area contributed by atoms with E-state index in [4.69, 9.17) is 4.74 Å². The Balaban J connectivity index is 1.44. The molecule has 0 saturated heterocycles. The lowest BCUT2D eigenvalue weighted by atomic mass is 10.1. The number of H-pyrrole nitrogens is 1. The Bertz CT molecular complexity index is 1080. The van der Waals surface area contributed by atoms with Gasteiger partial charge in [0.05, 0.1) is 0 Å². The predicted octanol–water partition coefficient (Wildman–Crippen LogP) is 4.75. The van der Waals surface area contributed by atoms with Crippen molar-refractivity contribution in [3.8, 4) is 0 Å². The van der Waals surface area contributed by atoms with Crippen LogP contribution < -0.4 is 0 Å². The van der Waals surface area contributed by atoms with E-state index >= 15 is 0 Å². The average Bonchev–Trinajstić information content (AvgIpc) is 3.34. The monoisotopic (exact) mass is 376 g/mol. The molecule has 0 spiro atoms. The molecule has 1 aliphatic rings. The van der Waals surface area contributed by atoms with E-state index in [2.05, 4.69) is 29.5 Å². The van der Waals surface area contributed by atoms with Gasteiger partial charge in [0.2, 0.25) is 5.78 Å². The smallest absolute Gasteiger partial charge is 0.331 e. The van der Waals surface area contributed by atoms with Crippen LogP contribution >= 0.6 is 0 Å². The largest absolute Gasteiger partial charge is 0.451 e. The van der Waals surface area contributed by atoms with Crippen molar-refractivity contribution < 1.29 is 14.3 Å². The van der Waals surface area contributed by atoms with Gasteiger partial charge in [0.1, 0.15) is 0 Å². The van der Waals surface area contributed by atoms with Crippen molar-refractivity contribution in [1.29, 1.82) is 0 Å². The summed E-state index contributed by atoms with van der Waals surface area (Å²) in [5, 5.41) is 0.832. The zero-order chi connectivity index (χ0) is 19.8. The van der Waals surface area contributed by atoms with Crippen LogP contribution in [-0.4, -0.2) is 27.4 Å². The van der Waals surface area contributed by atoms with Gasteiger partial charge in [-0.1, -0.05) is 18.2 Å². The molecular formula is C23H24N2O3. The minimum atomic E-state index is -0.852. The molecule has 2 aromatic heterocycles. The van der Waals surface area contributed by atoms with E-state index < -0.39 is 12.1 Å². The molecule has 28 heavy (non-hydrogen) atoms. The summed E-state index contributed by atoms with van der Waals surface area (Å²) >= 11 is 0. The molecule has 1 atom stereocenters. The molecule has 2 heterocycles. The van der Waals surface area contributed by atoms with Gasteiger partial charge in [-0.15, -0.1) is 0 Å². The number of ether oxygens (including phenoxy) is 1. The number of ketones is 1. The van der Waals surface area contributed by atoms with Crippen molar-refractivity contribution >= 4 is 28.7 Å². The first-order chi connectivity index (χ1) is 13.5. The highest BCUT2D eigenvalue weighted by molar-refractivity contribution is 6.10. The molecule has 0 bridgehead atoms. The number of para-hydroxylation sites is 1. The second-order valence-corrected chi connectivity index (χ2v) is 7.45. The fourth-order valence-electron chi connectivity index (χ4n) is 3.79. The van der Waals surface area contributed by atoms with Gasteiger partial charge in [0.15, 0.2) is 6.10 Å². The van der Waals surface area contributed by atoms with Crippen LogP contribution in [0.4, 0.5) is 0 Å². The number of aryl methyl sites for hydroxylation is 1. The highest BCUT2D eigenvalue weighted by Gasteiger charge is 2.26. The normalized spacial score (nSPS) is 15.2. The van der Waals surface area contributed by atoms with Crippen LogP contribution in [0.3, 0.4) is 0 Å². The Morgan fingerprint density at radius 1 is 1.25 bits per heavy atom. The van der Waals surface area contributed by atoms with Crippen molar-refractivity contribution in [2.24, 2.45) is 0 Å². The third-order valence-corrected chi connectivity index (χ3v) is 5.35. The number of fused-ring (bicyclic) bond motifs is 1. The Labute approximate surface area is 164 Å². The fourth-order valence-corrected chi connectivity index (χ4v) is 3.79. The van der Waals surface area contributed by atoms with Crippen molar-refractivity contribution in [1.82, 2.24) is 9.55 Å². The summed E-state index contributed by atoms with van der Waals surface area (Å²) in [5.41, 5.74) is 4.79. The second-order valence-electron chi connectivity index (χ2n) is 7.45. The lowest BCUT2D eigenvalue weighted by Gasteiger charge is -2.10. The van der Waals surface area contributed by atoms with Crippen molar-refractivity contribution in [3.05, 3.63) is 65.1 Å². The van der Waals surface area contributed by atoms with Crippen LogP contribution in [0, 0.1) is 13.8 Å². The SMILES string of the molecule is Cc1cc(/C=C/C(=O)O[C@H](C)C(=O)c2c[nH]c3ccccc23)c(C)n1C1CC1. The number of nitrogens with one attached hydrogen (secondary N) is 1. The number of nitrogens with zero attached hydrogens (tertiary/aromatic N) is 1. The van der Waals surface area contributed by atoms with E-state index in [1.54, 1.807) is 19.2 Å². The molecule has 5 nitrogen and oxygen atoms in total. The summed E-state index contributed by atoms with van der Waals surface area (Å²) in [6, 6.07) is 10.2. The van der Waals surface area contributed by atoms with Gasteiger partial charge in [-0.3, -0.25) is 4.79 Å². The van der Waals surface area contributed by atoms with E-state index in [0.717, 1.165) is 22.2 Å². The molecule has 144 valence electrons. The van der Waals surface area contributed by atoms with E-state index in [1.807, 2.05) is 24.3 Å². The molecule has 1 saturated carbocycles. The Hall–Kier alpha value is -3.08. The summed E-state index contributed by atoms with van der Waals surface area (Å²) in [6.07, 6.45) is 6.42. The standard InChI is InChI=1S/C23H24N2O3/c1-14-12-17(15(2)25(14)18-9-10-18)8-11-22(26)28-16(3)23(27)20-13-24-21-7-5-4-6-19(20)21/h4-8,11-13,16,18,24H,9-10H2,1-3H3/b11-8+/t16-/m1/s1. The Morgan fingerprint density at radius 3 is 2.75 bits per heavy atom. The van der Waals surface area contributed by atoms with Crippen LogP contribution in [0.15, 0.2) is 42.6 Å². The van der Waals surface area contributed by atoms with Crippen molar-refractivity contribution in [2.75, 3.05) is 0 Å². The molecule has 0 amide bonds. The van der Waals surface area contributed by atoms with Gasteiger partial charge in [-0.2, -0.15) is 0 Å². The fraction of sp³-hybridized carbons (Fsp3) is 0.304. The summed E-state index contributed by atoms with van der Waals surface area (Å²) in [5.74, 6) is -0.733. The number of hydrogen-bond donors (Lipinski definition) is 1. The van der Waals surface area contributed by atoms with Gasteiger partial charge in [0.25, 0.3) is 0 Å². The first-order valence-electron chi connectivity index (χ1n) is 9.63. The van der Waals surface area contributed by atoms with Gasteiger partial charge in [-0.05, 0) is 57.4 Å². The predicted molar refractivity (Wildman–Crippen MR) is 109 cm³/mol. The molecule has 4 rings (SSSR count). The quantitative estimate of drug-likeness (QED) is 0.384. The number of Topliss-reactive ketones (excluding diaryl/α,β-unsaturated/α-hetero) is 1. The molecule has 1 N–H and O–H groups in total. The number of carbonyl (C=O) groups excluding carboxylic acids is 2. The summed E-state index contributed by atoms with van der Waals surface area (Å²) in [6.45, 7) is 5.76. The number of rotatable bonds is 6. The maximum Gasteiger partial charge on any atom is 0.331 e. The minimum absolute atomic E-state index is 0.217. The molecule has 3 aromatic rings. The molecule has 1 fully saturated rings. The highest BCUT2D eigenvalue weighted by Crippen LogP contribution is 2.38. The second kappa shape index (κ2) is 7.15. The van der Waals surface area contributed by atoms with Gasteiger partial charge < -0.3 is 14.3 Å². The Morgan fingerprint density at radius 2 is 2.00 bits per heavy atom. The van der Waals surface area contributed by atoms with Gasteiger partial charge >= 0.3 is 5.97 Å². The maximum absolute atomic E-state index is 12.7. The first kappa shape index (κ1) is 18.3. The van der Waals surface area contributed by atoms with Crippen LogP contribution in [-0.2, 0) is 9.53 Å². The molecular weight excluding hydrogens is 352 g/mol. The number of aromatic amines is 1. The number of hydrogen-bond acceptors (Lipinski definition) is 3. The molecule has 5 heteroatoms. The molecule has 1 aromatic carbocycles. The van der Waals surface area contributed by atoms with Crippen LogP contribution in [0.5, 0.6) is 0 Å². The summed E-state index contributed by atoms with van der Waals surface area (Å²) in [7, 11) is 0. The molecule has 1 aliphatic carbocycles. The number of aromatic nitrogens is 2. The number of benzene rings is 1. The minimum Gasteiger partial charge on any atom is -0.451 e. The maximum atomic E-state index is 12.7. The lowest BCUT2D eigenvalue weighted by Crippen LogP contribution is -2.23. The van der Waals surface area contributed by atoms with E-state index in [9.17, 15) is 9.59 Å². The number of carbonyl (C=O) groups is 2. The summed E-state index contributed by atoms with van der Waals surface area (Å²) < 4.78 is 7.67. The van der Waals surface area contributed by atoms with Crippen LogP contribution in [0.25, 0.3) is 17.0 Å². The first-order valence-corrected chi connectivity index (χ1v) is 9.63. The third-order valence-electron chi connectivity index (χ3n) is 5.35. The number of esters is 1. The van der Waals surface area contributed by atoms with Crippen molar-refractivity contribution in [2.45, 2.75) is 45.8 Å². The molecule has 0 unspecified atom stereocenters. The zero-order valence-electron chi connectivity index (χ0n) is 16.4. The summed E-state index contributed by atoms with van der Waals surface area (Å²) in [4.78, 5) is 28.0. The van der Waals surface area contributed by atoms with Gasteiger partial charge in [0, 0.05) is 46.2 Å². The van der Waals surface area contributed by atoms with Gasteiger partial charge in [-0.25, -0.2) is 4.79 Å². The van der Waals surface area contributed by atoms with E-state index in [1.165, 1.54) is 24.6 Å². The lowest BCUT2D eigenvalue weighted by molar-refractivity contribution is -0.140. The van der Waals surface area contributed by atoms with Crippen molar-refractivity contribution in [3.63, 3.8) is 0 Å². The topological polar surface area (TPSA) is 64.1 Å². The molecule has 0 radical (unpaired) electrons. The Kier molecular flexibility index (Phi) is 4.67. The zero-order valence-corrected chi connectivity index (χ0v) is 16.4. The van der Waals surface area contributed by atoms with Crippen LogP contribution in [0.2, 0.25) is 0 Å². The highest BCUT2D eigenvalue weighted by atomic mass is 16.5. The average molecular weight is 376 g/mol. The van der Waals surface area contributed by atoms with E-state index in [0.29, 0.717) is 11.6 Å².